The molecule has 1 aliphatic heterocycles. The molecule has 2 aromatic carbocycles. The molecule has 1 saturated heterocycles. The zero-order valence-electron chi connectivity index (χ0n) is 18.1. The van der Waals surface area contributed by atoms with Crippen LogP contribution in [-0.2, 0) is 21.2 Å². The van der Waals surface area contributed by atoms with Gasteiger partial charge in [-0.1, -0.05) is 48.0 Å². The number of carbonyl (C=O) groups is 1. The minimum absolute atomic E-state index is 0.0336. The Hall–Kier alpha value is -1.83. The third-order valence-corrected chi connectivity index (χ3v) is 8.49. The lowest BCUT2D eigenvalue weighted by Gasteiger charge is -2.31. The van der Waals surface area contributed by atoms with Gasteiger partial charge in [-0.05, 0) is 50.3 Å². The van der Waals surface area contributed by atoms with Crippen molar-refractivity contribution in [3.63, 3.8) is 0 Å². The van der Waals surface area contributed by atoms with E-state index in [0.717, 1.165) is 30.6 Å². The molecular formula is C24H32N2O3S2. The molecule has 5 nitrogen and oxygen atoms in total. The zero-order chi connectivity index (χ0) is 22.1. The second-order valence-corrected chi connectivity index (χ2v) is 11.3. The van der Waals surface area contributed by atoms with Gasteiger partial charge in [0, 0.05) is 30.3 Å². The Kier molecular flexibility index (Phi) is 8.99. The van der Waals surface area contributed by atoms with E-state index in [0.29, 0.717) is 26.1 Å². The molecule has 1 amide bonds. The average molecular weight is 461 g/mol. The smallest absolute Gasteiger partial charge is 0.224 e. The van der Waals surface area contributed by atoms with E-state index >= 15 is 0 Å². The summed E-state index contributed by atoms with van der Waals surface area (Å²) in [5.74, 6) is 0.627. The number of rotatable bonds is 10. The van der Waals surface area contributed by atoms with Crippen molar-refractivity contribution >= 4 is 27.7 Å². The molecule has 0 unspecified atom stereocenters. The summed E-state index contributed by atoms with van der Waals surface area (Å²) >= 11 is 1.71. The van der Waals surface area contributed by atoms with E-state index in [1.807, 2.05) is 30.3 Å². The van der Waals surface area contributed by atoms with E-state index in [4.69, 9.17) is 0 Å². The Balaban J connectivity index is 1.40. The van der Waals surface area contributed by atoms with Crippen molar-refractivity contribution < 1.29 is 13.2 Å². The number of amides is 1. The van der Waals surface area contributed by atoms with Gasteiger partial charge in [0.05, 0.1) is 11.7 Å². The lowest BCUT2D eigenvalue weighted by Crippen LogP contribution is -2.46. The van der Waals surface area contributed by atoms with Crippen LogP contribution in [0.5, 0.6) is 0 Å². The molecule has 1 heterocycles. The van der Waals surface area contributed by atoms with E-state index in [2.05, 4.69) is 36.5 Å². The van der Waals surface area contributed by atoms with Crippen molar-refractivity contribution in [3.8, 4) is 0 Å². The van der Waals surface area contributed by atoms with Gasteiger partial charge in [0.15, 0.2) is 0 Å². The highest BCUT2D eigenvalue weighted by Crippen LogP contribution is 2.21. The molecule has 1 fully saturated rings. The SMILES string of the molecule is Cc1ccc(SCCNC(=O)[C@H]2CCCN(S(=O)(=O)CCCc3ccccc3)C2)cc1. The Morgan fingerprint density at radius 2 is 1.87 bits per heavy atom. The van der Waals surface area contributed by atoms with Gasteiger partial charge in [0.2, 0.25) is 15.9 Å². The highest BCUT2D eigenvalue weighted by Gasteiger charge is 2.31. The van der Waals surface area contributed by atoms with Crippen molar-refractivity contribution in [2.75, 3.05) is 31.1 Å². The summed E-state index contributed by atoms with van der Waals surface area (Å²) in [7, 11) is -3.34. The summed E-state index contributed by atoms with van der Waals surface area (Å²) in [4.78, 5) is 13.8. The first-order valence-electron chi connectivity index (χ1n) is 10.9. The number of thioether (sulfide) groups is 1. The lowest BCUT2D eigenvalue weighted by atomic mass is 9.99. The number of nitrogens with zero attached hydrogens (tertiary/aromatic N) is 1. The monoisotopic (exact) mass is 460 g/mol. The maximum Gasteiger partial charge on any atom is 0.224 e. The normalized spacial score (nSPS) is 17.4. The number of hydrogen-bond donors (Lipinski definition) is 1. The van der Waals surface area contributed by atoms with Gasteiger partial charge in [-0.15, -0.1) is 11.8 Å². The van der Waals surface area contributed by atoms with Crippen LogP contribution < -0.4 is 5.32 Å². The number of aryl methyl sites for hydroxylation is 2. The molecule has 0 bridgehead atoms. The number of hydrogen-bond acceptors (Lipinski definition) is 4. The van der Waals surface area contributed by atoms with E-state index in [1.165, 1.54) is 14.8 Å². The summed E-state index contributed by atoms with van der Waals surface area (Å²) < 4.78 is 27.1. The zero-order valence-corrected chi connectivity index (χ0v) is 19.8. The molecule has 168 valence electrons. The van der Waals surface area contributed by atoms with Crippen LogP contribution in [0, 0.1) is 12.8 Å². The molecule has 1 N–H and O–H groups in total. The van der Waals surface area contributed by atoms with Gasteiger partial charge in [-0.2, -0.15) is 0 Å². The predicted molar refractivity (Wildman–Crippen MR) is 128 cm³/mol. The highest BCUT2D eigenvalue weighted by molar-refractivity contribution is 7.99. The number of piperidine rings is 1. The molecule has 3 rings (SSSR count). The van der Waals surface area contributed by atoms with E-state index in [1.54, 1.807) is 11.8 Å². The van der Waals surface area contributed by atoms with Crippen LogP contribution in [0.4, 0.5) is 0 Å². The minimum Gasteiger partial charge on any atom is -0.355 e. The largest absolute Gasteiger partial charge is 0.355 e. The van der Waals surface area contributed by atoms with Crippen LogP contribution in [0.2, 0.25) is 0 Å². The van der Waals surface area contributed by atoms with Crippen molar-refractivity contribution in [2.24, 2.45) is 5.92 Å². The summed E-state index contributed by atoms with van der Waals surface area (Å²) in [6.45, 7) is 3.45. The van der Waals surface area contributed by atoms with Crippen molar-refractivity contribution in [1.82, 2.24) is 9.62 Å². The first-order valence-corrected chi connectivity index (χ1v) is 13.5. The van der Waals surface area contributed by atoms with Crippen LogP contribution in [0.1, 0.15) is 30.4 Å². The molecule has 0 aliphatic carbocycles. The van der Waals surface area contributed by atoms with Gasteiger partial charge < -0.3 is 5.32 Å². The van der Waals surface area contributed by atoms with E-state index in [9.17, 15) is 13.2 Å². The standard InChI is InChI=1S/C24H32N2O3S2/c1-20-11-13-23(14-12-20)30-17-15-25-24(27)22-10-5-16-26(19-22)31(28,29)18-6-9-21-7-3-2-4-8-21/h2-4,7-8,11-14,22H,5-6,9-10,15-19H2,1H3,(H,25,27)/t22-/m0/s1. The molecule has 2 aromatic rings. The summed E-state index contributed by atoms with van der Waals surface area (Å²) in [6, 6.07) is 18.3. The Labute approximate surface area is 190 Å². The fourth-order valence-electron chi connectivity index (χ4n) is 3.76. The van der Waals surface area contributed by atoms with Crippen LogP contribution in [0.3, 0.4) is 0 Å². The van der Waals surface area contributed by atoms with Gasteiger partial charge in [0.25, 0.3) is 0 Å². The summed E-state index contributed by atoms with van der Waals surface area (Å²) in [6.07, 6.45) is 2.81. The average Bonchev–Trinajstić information content (AvgIpc) is 2.78. The molecule has 0 spiro atoms. The molecule has 0 radical (unpaired) electrons. The molecule has 1 aliphatic rings. The first kappa shape index (κ1) is 23.8. The Bertz CT molecular complexity index is 931. The second-order valence-electron chi connectivity index (χ2n) is 8.05. The third kappa shape index (κ3) is 7.66. The van der Waals surface area contributed by atoms with Crippen LogP contribution in [0.15, 0.2) is 59.5 Å². The van der Waals surface area contributed by atoms with E-state index < -0.39 is 10.0 Å². The molecule has 0 aromatic heterocycles. The van der Waals surface area contributed by atoms with Crippen LogP contribution >= 0.6 is 11.8 Å². The minimum atomic E-state index is -3.34. The molecule has 0 saturated carbocycles. The topological polar surface area (TPSA) is 66.5 Å². The van der Waals surface area contributed by atoms with Gasteiger partial charge in [-0.3, -0.25) is 4.79 Å². The fraction of sp³-hybridized carbons (Fsp3) is 0.458. The number of nitrogens with one attached hydrogen (secondary N) is 1. The molecule has 1 atom stereocenters. The highest BCUT2D eigenvalue weighted by atomic mass is 32.2. The quantitative estimate of drug-likeness (QED) is 0.432. The predicted octanol–water partition coefficient (Wildman–Crippen LogP) is 3.88. The van der Waals surface area contributed by atoms with Crippen LogP contribution in [-0.4, -0.2) is 49.8 Å². The maximum absolute atomic E-state index is 12.8. The number of sulfonamides is 1. The molecule has 31 heavy (non-hydrogen) atoms. The first-order chi connectivity index (χ1) is 14.9. The van der Waals surface area contributed by atoms with Crippen molar-refractivity contribution in [3.05, 3.63) is 65.7 Å². The third-order valence-electron chi connectivity index (χ3n) is 5.55. The Morgan fingerprint density at radius 3 is 2.61 bits per heavy atom. The van der Waals surface area contributed by atoms with Gasteiger partial charge in [0.1, 0.15) is 0 Å². The Morgan fingerprint density at radius 1 is 1.13 bits per heavy atom. The van der Waals surface area contributed by atoms with E-state index in [-0.39, 0.29) is 17.6 Å². The summed E-state index contributed by atoms with van der Waals surface area (Å²) in [5.41, 5.74) is 2.38. The number of benzene rings is 2. The van der Waals surface area contributed by atoms with Crippen molar-refractivity contribution in [1.29, 1.82) is 0 Å². The second kappa shape index (κ2) is 11.7. The van der Waals surface area contributed by atoms with Crippen LogP contribution in [0.25, 0.3) is 0 Å². The molecular weight excluding hydrogens is 428 g/mol. The summed E-state index contributed by atoms with van der Waals surface area (Å²) in [5, 5.41) is 2.99. The molecule has 7 heteroatoms. The van der Waals surface area contributed by atoms with Gasteiger partial charge in [-0.25, -0.2) is 12.7 Å². The number of carbonyl (C=O) groups excluding carboxylic acids is 1. The fourth-order valence-corrected chi connectivity index (χ4v) is 6.11. The lowest BCUT2D eigenvalue weighted by molar-refractivity contribution is -0.125. The maximum atomic E-state index is 12.8. The van der Waals surface area contributed by atoms with Gasteiger partial charge >= 0.3 is 0 Å². The van der Waals surface area contributed by atoms with Crippen molar-refractivity contribution in [2.45, 2.75) is 37.5 Å².